The van der Waals surface area contributed by atoms with Gasteiger partial charge in [-0.25, -0.2) is 0 Å². The fourth-order valence-electron chi connectivity index (χ4n) is 1.18. The Morgan fingerprint density at radius 3 is 3.00 bits per heavy atom. The Labute approximate surface area is 90.7 Å². The van der Waals surface area contributed by atoms with Crippen LogP contribution >= 0.6 is 11.8 Å². The smallest absolute Gasteiger partial charge is 0.156 e. The summed E-state index contributed by atoms with van der Waals surface area (Å²) in [6.07, 6.45) is 0. The minimum absolute atomic E-state index is 0.544. The lowest BCUT2D eigenvalue weighted by molar-refractivity contribution is 0.156. The molecule has 0 aromatic rings. The molecule has 1 aliphatic heterocycles. The topological polar surface area (TPSA) is 33.6 Å². The van der Waals surface area contributed by atoms with Gasteiger partial charge in [-0.1, -0.05) is 18.7 Å². The molecule has 0 aromatic heterocycles. The monoisotopic (exact) mass is 216 g/mol. The molecule has 1 aliphatic rings. The molecule has 1 N–H and O–H groups in total. The van der Waals surface area contributed by atoms with Crippen molar-refractivity contribution in [3.05, 3.63) is 0 Å². The number of amidine groups is 1. The maximum atomic E-state index is 5.23. The van der Waals surface area contributed by atoms with Crippen molar-refractivity contribution in [2.75, 3.05) is 25.5 Å². The minimum Gasteiger partial charge on any atom is -0.380 e. The Morgan fingerprint density at radius 2 is 2.36 bits per heavy atom. The van der Waals surface area contributed by atoms with Crippen molar-refractivity contribution < 1.29 is 4.74 Å². The summed E-state index contributed by atoms with van der Waals surface area (Å²) < 4.78 is 5.23. The van der Waals surface area contributed by atoms with Gasteiger partial charge in [0.05, 0.1) is 13.2 Å². The Kier molecular flexibility index (Phi) is 5.33. The molecule has 0 saturated carbocycles. The third-order valence-corrected chi connectivity index (χ3v) is 3.60. The van der Waals surface area contributed by atoms with Crippen molar-refractivity contribution in [1.29, 1.82) is 0 Å². The van der Waals surface area contributed by atoms with E-state index in [-0.39, 0.29) is 0 Å². The fourth-order valence-corrected chi connectivity index (χ4v) is 2.34. The van der Waals surface area contributed by atoms with E-state index < -0.39 is 0 Å². The Morgan fingerprint density at radius 1 is 1.57 bits per heavy atom. The first-order chi connectivity index (χ1) is 6.74. The number of nitrogens with zero attached hydrogens (tertiary/aromatic N) is 1. The van der Waals surface area contributed by atoms with Gasteiger partial charge in [-0.05, 0) is 19.8 Å². The second kappa shape index (κ2) is 6.30. The summed E-state index contributed by atoms with van der Waals surface area (Å²) in [5.41, 5.74) is 0. The number of nitrogens with one attached hydrogen (secondary N) is 1. The van der Waals surface area contributed by atoms with Crippen LogP contribution in [0.5, 0.6) is 0 Å². The van der Waals surface area contributed by atoms with Crippen molar-refractivity contribution >= 4 is 16.9 Å². The normalized spacial score (nSPS) is 30.4. The maximum Gasteiger partial charge on any atom is 0.156 e. The van der Waals surface area contributed by atoms with E-state index in [4.69, 9.17) is 4.74 Å². The third-order valence-electron chi connectivity index (χ3n) is 2.38. The highest BCUT2D eigenvalue weighted by Crippen LogP contribution is 2.18. The lowest BCUT2D eigenvalue weighted by atomic mass is 10.1. The molecule has 0 spiro atoms. The van der Waals surface area contributed by atoms with Crippen LogP contribution in [0.15, 0.2) is 4.99 Å². The second-order valence-corrected chi connectivity index (χ2v) is 4.61. The zero-order valence-electron chi connectivity index (χ0n) is 9.25. The molecule has 1 rings (SSSR count). The second-order valence-electron chi connectivity index (χ2n) is 3.61. The van der Waals surface area contributed by atoms with E-state index in [9.17, 15) is 0 Å². The van der Waals surface area contributed by atoms with Gasteiger partial charge in [0.1, 0.15) is 0 Å². The van der Waals surface area contributed by atoms with Crippen LogP contribution in [0.3, 0.4) is 0 Å². The number of ether oxygens (including phenoxy) is 1. The van der Waals surface area contributed by atoms with E-state index in [1.165, 1.54) is 5.75 Å². The van der Waals surface area contributed by atoms with E-state index in [2.05, 4.69) is 24.2 Å². The summed E-state index contributed by atoms with van der Waals surface area (Å²) in [6.45, 7) is 8.75. The largest absolute Gasteiger partial charge is 0.380 e. The highest BCUT2D eigenvalue weighted by molar-refractivity contribution is 8.13. The molecule has 0 aliphatic carbocycles. The van der Waals surface area contributed by atoms with Crippen LogP contribution in [0.4, 0.5) is 0 Å². The van der Waals surface area contributed by atoms with Crippen LogP contribution in [0.2, 0.25) is 0 Å². The minimum atomic E-state index is 0.544. The molecule has 4 heteroatoms. The zero-order chi connectivity index (χ0) is 10.4. The number of thioether (sulfide) groups is 1. The molecule has 1 fully saturated rings. The van der Waals surface area contributed by atoms with Crippen molar-refractivity contribution in [1.82, 2.24) is 5.32 Å². The van der Waals surface area contributed by atoms with Crippen molar-refractivity contribution in [3.8, 4) is 0 Å². The van der Waals surface area contributed by atoms with Gasteiger partial charge >= 0.3 is 0 Å². The number of hydrogen-bond acceptors (Lipinski definition) is 3. The molecule has 1 heterocycles. The first-order valence-electron chi connectivity index (χ1n) is 5.25. The SMILES string of the molecule is CCOCCN=C1NC(C)C(C)CS1. The molecular weight excluding hydrogens is 196 g/mol. The first kappa shape index (κ1) is 11.9. The first-order valence-corrected chi connectivity index (χ1v) is 6.24. The molecule has 1 saturated heterocycles. The fraction of sp³-hybridized carbons (Fsp3) is 0.900. The van der Waals surface area contributed by atoms with E-state index >= 15 is 0 Å². The van der Waals surface area contributed by atoms with E-state index in [0.29, 0.717) is 6.04 Å². The van der Waals surface area contributed by atoms with Gasteiger partial charge in [0, 0.05) is 18.4 Å². The van der Waals surface area contributed by atoms with Crippen molar-refractivity contribution in [2.24, 2.45) is 10.9 Å². The predicted molar refractivity (Wildman–Crippen MR) is 63.0 cm³/mol. The van der Waals surface area contributed by atoms with Gasteiger partial charge in [0.25, 0.3) is 0 Å². The summed E-state index contributed by atoms with van der Waals surface area (Å²) in [7, 11) is 0. The molecule has 0 amide bonds. The average Bonchev–Trinajstić information content (AvgIpc) is 2.18. The predicted octanol–water partition coefficient (Wildman–Crippen LogP) is 1.74. The molecular formula is C10H20N2OS. The van der Waals surface area contributed by atoms with Gasteiger partial charge in [0.15, 0.2) is 5.17 Å². The van der Waals surface area contributed by atoms with Gasteiger partial charge in [-0.2, -0.15) is 0 Å². The molecule has 14 heavy (non-hydrogen) atoms. The third kappa shape index (κ3) is 3.88. The highest BCUT2D eigenvalue weighted by Gasteiger charge is 2.20. The Balaban J connectivity index is 2.24. The van der Waals surface area contributed by atoms with Crippen molar-refractivity contribution in [2.45, 2.75) is 26.8 Å². The lowest BCUT2D eigenvalue weighted by Gasteiger charge is -2.28. The summed E-state index contributed by atoms with van der Waals surface area (Å²) in [6, 6.07) is 0.544. The number of rotatable bonds is 4. The van der Waals surface area contributed by atoms with E-state index in [1.54, 1.807) is 0 Å². The molecule has 0 bridgehead atoms. The molecule has 2 unspecified atom stereocenters. The maximum absolute atomic E-state index is 5.23. The van der Waals surface area contributed by atoms with Crippen LogP contribution in [0.25, 0.3) is 0 Å². The molecule has 2 atom stereocenters. The summed E-state index contributed by atoms with van der Waals surface area (Å²) in [4.78, 5) is 4.45. The number of aliphatic imine (C=N–C) groups is 1. The van der Waals surface area contributed by atoms with Crippen molar-refractivity contribution in [3.63, 3.8) is 0 Å². The Hall–Kier alpha value is -0.220. The molecule has 0 radical (unpaired) electrons. The summed E-state index contributed by atoms with van der Waals surface area (Å²) in [5.74, 6) is 1.90. The van der Waals surface area contributed by atoms with Crippen LogP contribution in [-0.4, -0.2) is 36.7 Å². The average molecular weight is 216 g/mol. The van der Waals surface area contributed by atoms with Crippen LogP contribution in [-0.2, 0) is 4.74 Å². The van der Waals surface area contributed by atoms with Gasteiger partial charge in [-0.3, -0.25) is 4.99 Å². The Bertz CT molecular complexity index is 197. The zero-order valence-corrected chi connectivity index (χ0v) is 10.1. The van der Waals surface area contributed by atoms with Crippen LogP contribution in [0, 0.1) is 5.92 Å². The van der Waals surface area contributed by atoms with E-state index in [0.717, 1.165) is 30.8 Å². The van der Waals surface area contributed by atoms with Gasteiger partial charge in [0.2, 0.25) is 0 Å². The summed E-state index contributed by atoms with van der Waals surface area (Å²) >= 11 is 1.82. The standard InChI is InChI=1S/C10H20N2OS/c1-4-13-6-5-11-10-12-9(3)8(2)7-14-10/h8-9H,4-7H2,1-3H3,(H,11,12). The quantitative estimate of drug-likeness (QED) is 0.727. The highest BCUT2D eigenvalue weighted by atomic mass is 32.2. The van der Waals surface area contributed by atoms with Gasteiger partial charge in [-0.15, -0.1) is 0 Å². The lowest BCUT2D eigenvalue weighted by Crippen LogP contribution is -2.41. The molecule has 82 valence electrons. The van der Waals surface area contributed by atoms with E-state index in [1.807, 2.05) is 18.7 Å². The van der Waals surface area contributed by atoms with Crippen LogP contribution < -0.4 is 5.32 Å². The molecule has 0 aromatic carbocycles. The van der Waals surface area contributed by atoms with Crippen LogP contribution in [0.1, 0.15) is 20.8 Å². The summed E-state index contributed by atoms with van der Waals surface area (Å²) in [5, 5.41) is 4.48. The number of hydrogen-bond donors (Lipinski definition) is 1. The molecule has 3 nitrogen and oxygen atoms in total. The van der Waals surface area contributed by atoms with Gasteiger partial charge < -0.3 is 10.1 Å².